The lowest BCUT2D eigenvalue weighted by atomic mass is 10.1. The monoisotopic (exact) mass is 174 g/mol. The topological polar surface area (TPSA) is 0 Å². The van der Waals surface area contributed by atoms with Crippen LogP contribution in [0.1, 0.15) is 6.92 Å². The third-order valence-electron chi connectivity index (χ3n) is 1.06. The number of alkyl halides is 5. The molecule has 0 aromatic carbocycles. The molecule has 1 atom stereocenters. The van der Waals surface area contributed by atoms with Crippen molar-refractivity contribution in [3.05, 3.63) is 12.7 Å². The van der Waals surface area contributed by atoms with Crippen molar-refractivity contribution in [2.45, 2.75) is 24.9 Å². The van der Waals surface area contributed by atoms with E-state index in [9.17, 15) is 22.0 Å². The Bertz CT molecular complexity index is 146. The third kappa shape index (κ3) is 2.48. The second-order valence-corrected chi connectivity index (χ2v) is 2.20. The van der Waals surface area contributed by atoms with Crippen LogP contribution in [0.4, 0.5) is 22.0 Å². The van der Waals surface area contributed by atoms with Gasteiger partial charge in [0, 0.05) is 6.92 Å². The molecule has 0 nitrogen and oxygen atoms in total. The molecule has 0 radical (unpaired) electrons. The summed E-state index contributed by atoms with van der Waals surface area (Å²) in [4.78, 5) is 0. The molecule has 0 aliphatic rings. The van der Waals surface area contributed by atoms with Crippen molar-refractivity contribution >= 4 is 0 Å². The summed E-state index contributed by atoms with van der Waals surface area (Å²) in [6.07, 6.45) is -3.64. The van der Waals surface area contributed by atoms with E-state index in [1.54, 1.807) is 0 Å². The van der Waals surface area contributed by atoms with Gasteiger partial charge in [0.2, 0.25) is 6.17 Å². The second-order valence-electron chi connectivity index (χ2n) is 2.20. The molecule has 0 aliphatic carbocycles. The average Bonchev–Trinajstić information content (AvgIpc) is 1.84. The Morgan fingerprint density at radius 3 is 1.73 bits per heavy atom. The molecule has 0 spiro atoms. The van der Waals surface area contributed by atoms with Crippen LogP contribution in [0, 0.1) is 0 Å². The Morgan fingerprint density at radius 2 is 1.64 bits per heavy atom. The highest BCUT2D eigenvalue weighted by Gasteiger charge is 2.50. The first-order valence-corrected chi connectivity index (χ1v) is 2.75. The Hall–Kier alpha value is -0.610. The zero-order valence-electron chi connectivity index (χ0n) is 5.75. The molecule has 0 saturated carbocycles. The molecule has 0 fully saturated rings. The largest absolute Gasteiger partial charge is 0.302 e. The molecule has 0 aromatic rings. The van der Waals surface area contributed by atoms with E-state index >= 15 is 0 Å². The van der Waals surface area contributed by atoms with E-state index < -0.39 is 18.0 Å². The summed E-state index contributed by atoms with van der Waals surface area (Å²) in [5.74, 6) is -8.21. The van der Waals surface area contributed by atoms with Crippen molar-refractivity contribution in [1.29, 1.82) is 0 Å². The molecule has 11 heavy (non-hydrogen) atoms. The van der Waals surface area contributed by atoms with Crippen LogP contribution in [0.15, 0.2) is 12.7 Å². The first-order chi connectivity index (χ1) is 4.72. The van der Waals surface area contributed by atoms with Gasteiger partial charge < -0.3 is 0 Å². The summed E-state index contributed by atoms with van der Waals surface area (Å²) in [7, 11) is 0. The van der Waals surface area contributed by atoms with Crippen molar-refractivity contribution in [3.63, 3.8) is 0 Å². The second kappa shape index (κ2) is 2.79. The van der Waals surface area contributed by atoms with E-state index in [0.717, 1.165) is 0 Å². The van der Waals surface area contributed by atoms with Crippen LogP contribution in [0.5, 0.6) is 0 Å². The molecular weight excluding hydrogens is 167 g/mol. The minimum atomic E-state index is -4.17. The predicted octanol–water partition coefficient (Wildman–Crippen LogP) is 2.80. The van der Waals surface area contributed by atoms with Gasteiger partial charge in [0.15, 0.2) is 0 Å². The SMILES string of the molecule is C=CC(F)(F)C(F)C(C)(F)F. The highest BCUT2D eigenvalue weighted by molar-refractivity contribution is 4.97. The molecule has 0 heterocycles. The van der Waals surface area contributed by atoms with Gasteiger partial charge in [-0.25, -0.2) is 13.2 Å². The fraction of sp³-hybridized carbons (Fsp3) is 0.667. The summed E-state index contributed by atoms with van der Waals surface area (Å²) in [5, 5.41) is 0. The lowest BCUT2D eigenvalue weighted by molar-refractivity contribution is -0.148. The predicted molar refractivity (Wildman–Crippen MR) is 30.7 cm³/mol. The molecule has 66 valence electrons. The zero-order valence-corrected chi connectivity index (χ0v) is 5.75. The quantitative estimate of drug-likeness (QED) is 0.455. The van der Waals surface area contributed by atoms with Gasteiger partial charge in [-0.15, -0.1) is 0 Å². The lowest BCUT2D eigenvalue weighted by Crippen LogP contribution is -2.40. The number of rotatable bonds is 3. The maximum Gasteiger partial charge on any atom is 0.302 e. The Labute approximate surface area is 60.7 Å². The first-order valence-electron chi connectivity index (χ1n) is 2.75. The van der Waals surface area contributed by atoms with Crippen molar-refractivity contribution < 1.29 is 22.0 Å². The molecule has 0 aromatic heterocycles. The van der Waals surface area contributed by atoms with Crippen molar-refractivity contribution in [3.8, 4) is 0 Å². The van der Waals surface area contributed by atoms with Gasteiger partial charge in [0.1, 0.15) is 0 Å². The summed E-state index contributed by atoms with van der Waals surface area (Å²) < 4.78 is 60.0. The van der Waals surface area contributed by atoms with E-state index in [-0.39, 0.29) is 13.0 Å². The smallest absolute Gasteiger partial charge is 0.234 e. The number of hydrogen-bond donors (Lipinski definition) is 0. The molecule has 0 amide bonds. The van der Waals surface area contributed by atoms with Crippen LogP contribution in [0.3, 0.4) is 0 Å². The lowest BCUT2D eigenvalue weighted by Gasteiger charge is -2.21. The van der Waals surface area contributed by atoms with Crippen LogP contribution >= 0.6 is 0 Å². The summed E-state index contributed by atoms with van der Waals surface area (Å²) in [6.45, 7) is 2.64. The average molecular weight is 174 g/mol. The molecule has 0 bridgehead atoms. The van der Waals surface area contributed by atoms with Crippen LogP contribution in [0.2, 0.25) is 0 Å². The number of hydrogen-bond acceptors (Lipinski definition) is 0. The number of halogens is 5. The van der Waals surface area contributed by atoms with Gasteiger partial charge in [-0.3, -0.25) is 0 Å². The van der Waals surface area contributed by atoms with Crippen LogP contribution in [-0.4, -0.2) is 18.0 Å². The van der Waals surface area contributed by atoms with Gasteiger partial charge in [0.05, 0.1) is 0 Å². The van der Waals surface area contributed by atoms with Gasteiger partial charge in [-0.05, 0) is 6.08 Å². The normalized spacial score (nSPS) is 16.2. The summed E-state index contributed by atoms with van der Waals surface area (Å²) in [5.41, 5.74) is 0. The van der Waals surface area contributed by atoms with Gasteiger partial charge >= 0.3 is 5.92 Å². The van der Waals surface area contributed by atoms with Gasteiger partial charge in [0.25, 0.3) is 5.92 Å². The molecule has 1 unspecified atom stereocenters. The molecule has 0 saturated heterocycles. The van der Waals surface area contributed by atoms with Gasteiger partial charge in [-0.2, -0.15) is 8.78 Å². The minimum absolute atomic E-state index is 0.0923. The van der Waals surface area contributed by atoms with Crippen molar-refractivity contribution in [2.75, 3.05) is 0 Å². The summed E-state index contributed by atoms with van der Waals surface area (Å²) in [6, 6.07) is 0. The highest BCUT2D eigenvalue weighted by atomic mass is 19.3. The molecule has 5 heteroatoms. The molecule has 0 aliphatic heterocycles. The fourth-order valence-electron chi connectivity index (χ4n) is 0.441. The van der Waals surface area contributed by atoms with E-state index in [1.807, 2.05) is 0 Å². The first kappa shape index (κ1) is 10.4. The highest BCUT2D eigenvalue weighted by Crippen LogP contribution is 2.33. The fourth-order valence-corrected chi connectivity index (χ4v) is 0.441. The van der Waals surface area contributed by atoms with Gasteiger partial charge in [-0.1, -0.05) is 6.58 Å². The van der Waals surface area contributed by atoms with Crippen LogP contribution < -0.4 is 0 Å². The summed E-state index contributed by atoms with van der Waals surface area (Å²) >= 11 is 0. The standard InChI is InChI=1S/C6H7F5/c1-3-6(10,11)4(7)5(2,8)9/h3-4H,1H2,2H3. The van der Waals surface area contributed by atoms with E-state index in [0.29, 0.717) is 0 Å². The van der Waals surface area contributed by atoms with E-state index in [2.05, 4.69) is 6.58 Å². The van der Waals surface area contributed by atoms with Crippen molar-refractivity contribution in [1.82, 2.24) is 0 Å². The number of allylic oxidation sites excluding steroid dienone is 1. The molecule has 0 rings (SSSR count). The van der Waals surface area contributed by atoms with Crippen LogP contribution in [0.25, 0.3) is 0 Å². The molecular formula is C6H7F5. The Kier molecular flexibility index (Phi) is 2.64. The van der Waals surface area contributed by atoms with Crippen LogP contribution in [-0.2, 0) is 0 Å². The van der Waals surface area contributed by atoms with Crippen molar-refractivity contribution in [2.24, 2.45) is 0 Å². The Morgan fingerprint density at radius 1 is 1.27 bits per heavy atom. The molecule has 0 N–H and O–H groups in total. The zero-order chi connectivity index (χ0) is 9.28. The maximum absolute atomic E-state index is 12.1. The van der Waals surface area contributed by atoms with E-state index in [4.69, 9.17) is 0 Å². The van der Waals surface area contributed by atoms with E-state index in [1.165, 1.54) is 0 Å². The third-order valence-corrected chi connectivity index (χ3v) is 1.06. The minimum Gasteiger partial charge on any atom is -0.234 e. The Balaban J connectivity index is 4.48. The maximum atomic E-state index is 12.1.